The third kappa shape index (κ3) is 7.92. The van der Waals surface area contributed by atoms with Crippen LogP contribution in [0.5, 0.6) is 5.75 Å². The predicted molar refractivity (Wildman–Crippen MR) is 82.5 cm³/mol. The lowest BCUT2D eigenvalue weighted by atomic mass is 10.0. The summed E-state index contributed by atoms with van der Waals surface area (Å²) in [5.74, 6) is 0.401. The van der Waals surface area contributed by atoms with Crippen molar-refractivity contribution in [3.05, 3.63) is 29.8 Å². The van der Waals surface area contributed by atoms with Gasteiger partial charge in [0.25, 0.3) is 0 Å². The minimum Gasteiger partial charge on any atom is -0.508 e. The average molecular weight is 261 g/mol. The molecule has 0 bridgehead atoms. The van der Waals surface area contributed by atoms with Crippen molar-refractivity contribution in [3.63, 3.8) is 0 Å². The molecule has 107 valence electrons. The normalized spacial score (nSPS) is 10.8. The molecule has 0 aliphatic carbocycles. The van der Waals surface area contributed by atoms with Gasteiger partial charge in [0.1, 0.15) is 5.75 Å². The maximum absolute atomic E-state index is 9.62. The van der Waals surface area contributed by atoms with Crippen LogP contribution in [0.3, 0.4) is 0 Å². The van der Waals surface area contributed by atoms with E-state index in [0.29, 0.717) is 5.75 Å². The van der Waals surface area contributed by atoms with Gasteiger partial charge in [-0.05, 0) is 25.0 Å². The summed E-state index contributed by atoms with van der Waals surface area (Å²) in [6.07, 6.45) is 14.5. The van der Waals surface area contributed by atoms with E-state index < -0.39 is 0 Å². The quantitative estimate of drug-likeness (QED) is 0.510. The molecule has 0 aliphatic heterocycles. The third-order valence-corrected chi connectivity index (χ3v) is 3.70. The number of rotatable bonds is 11. The topological polar surface area (TPSA) is 20.2 Å². The van der Waals surface area contributed by atoms with E-state index in [0.717, 1.165) is 12.0 Å². The summed E-state index contributed by atoms with van der Waals surface area (Å²) in [6, 6.07) is 8.58. The van der Waals surface area contributed by atoms with Crippen molar-refractivity contribution < 1.29 is 5.11 Å². The van der Waals surface area contributed by atoms with Crippen LogP contribution >= 0.6 is 0 Å². The molecule has 1 aromatic carbocycles. The average Bonchev–Trinajstić information content (AvgIpc) is 2.43. The lowest BCUT2D eigenvalue weighted by Crippen LogP contribution is -1.87. The van der Waals surface area contributed by atoms with Crippen LogP contribution in [-0.4, -0.2) is 5.11 Å². The summed E-state index contributed by atoms with van der Waals surface area (Å²) in [4.78, 5) is 0. The van der Waals surface area contributed by atoms with Gasteiger partial charge >= 0.3 is 0 Å². The van der Waals surface area contributed by atoms with E-state index in [-0.39, 0.29) is 0 Å². The molecule has 0 saturated carbocycles. The largest absolute Gasteiger partial charge is 0.508 e. The minimum atomic E-state index is 0.401. The molecule has 0 fully saturated rings. The van der Waals surface area contributed by atoms with Crippen LogP contribution < -0.4 is 0 Å². The summed E-state index contributed by atoms with van der Waals surface area (Å²) in [6.45, 7) is 2.27. The first-order valence-electron chi connectivity index (χ1n) is 8.03. The Labute approximate surface area is 119 Å². The standard InChI is InChI=1S/C18H29O/c1-2-3-4-5-6-7-8-9-10-11-14-17-15-12-13-16-18(17)19/h12-13,16,19H,2-11,14H2,1H3. The van der Waals surface area contributed by atoms with Crippen LogP contribution in [-0.2, 0) is 6.42 Å². The lowest BCUT2D eigenvalue weighted by Gasteiger charge is -2.04. The Balaban J connectivity index is 1.90. The fraction of sp³-hybridized carbons (Fsp3) is 0.667. The highest BCUT2D eigenvalue weighted by atomic mass is 16.3. The zero-order chi connectivity index (χ0) is 13.8. The zero-order valence-corrected chi connectivity index (χ0v) is 12.5. The van der Waals surface area contributed by atoms with Crippen LogP contribution in [0.15, 0.2) is 18.2 Å². The Kier molecular flexibility index (Phi) is 9.22. The fourth-order valence-corrected chi connectivity index (χ4v) is 2.45. The summed E-state index contributed by atoms with van der Waals surface area (Å²) in [7, 11) is 0. The molecule has 1 radical (unpaired) electrons. The molecule has 0 atom stereocenters. The second-order valence-electron chi connectivity index (χ2n) is 5.47. The molecular weight excluding hydrogens is 232 g/mol. The predicted octanol–water partition coefficient (Wildman–Crippen LogP) is 5.66. The Hall–Kier alpha value is -0.980. The van der Waals surface area contributed by atoms with E-state index in [2.05, 4.69) is 13.0 Å². The molecule has 0 aromatic heterocycles. The summed E-state index contributed by atoms with van der Waals surface area (Å²) in [5.41, 5.74) is 0.974. The van der Waals surface area contributed by atoms with E-state index in [4.69, 9.17) is 0 Å². The zero-order valence-electron chi connectivity index (χ0n) is 12.5. The molecule has 0 saturated heterocycles. The molecule has 0 amide bonds. The molecule has 1 heteroatoms. The van der Waals surface area contributed by atoms with Gasteiger partial charge in [-0.15, -0.1) is 0 Å². The van der Waals surface area contributed by atoms with Gasteiger partial charge in [-0.1, -0.05) is 76.8 Å². The number of benzene rings is 1. The number of unbranched alkanes of at least 4 members (excludes halogenated alkanes) is 9. The van der Waals surface area contributed by atoms with E-state index >= 15 is 0 Å². The van der Waals surface area contributed by atoms with Gasteiger partial charge in [0.15, 0.2) is 0 Å². The van der Waals surface area contributed by atoms with Gasteiger partial charge in [0.2, 0.25) is 0 Å². The van der Waals surface area contributed by atoms with E-state index in [1.807, 2.05) is 12.1 Å². The number of aryl methyl sites for hydroxylation is 1. The molecule has 0 unspecified atom stereocenters. The van der Waals surface area contributed by atoms with Crippen molar-refractivity contribution in [2.45, 2.75) is 77.6 Å². The highest BCUT2D eigenvalue weighted by Gasteiger charge is 1.99. The molecule has 1 nitrogen and oxygen atoms in total. The number of phenolic OH excluding ortho intramolecular Hbond substituents is 1. The van der Waals surface area contributed by atoms with Crippen LogP contribution in [0.25, 0.3) is 0 Å². The number of phenols is 1. The molecule has 1 aromatic rings. The number of aromatic hydroxyl groups is 1. The van der Waals surface area contributed by atoms with Crippen LogP contribution in [0.1, 0.15) is 76.7 Å². The minimum absolute atomic E-state index is 0.401. The SMILES string of the molecule is CCCCCCCCCCCCc1[c]cccc1O. The molecule has 1 N–H and O–H groups in total. The van der Waals surface area contributed by atoms with Gasteiger partial charge in [-0.3, -0.25) is 0 Å². The molecule has 1 rings (SSSR count). The monoisotopic (exact) mass is 261 g/mol. The summed E-state index contributed by atoms with van der Waals surface area (Å²) >= 11 is 0. The Bertz CT molecular complexity index is 319. The Morgan fingerprint density at radius 3 is 2.05 bits per heavy atom. The van der Waals surface area contributed by atoms with E-state index in [1.165, 1.54) is 64.2 Å². The molecule has 0 heterocycles. The first kappa shape index (κ1) is 16.1. The summed E-state index contributed by atoms with van der Waals surface area (Å²) < 4.78 is 0. The Morgan fingerprint density at radius 2 is 1.47 bits per heavy atom. The van der Waals surface area contributed by atoms with Crippen LogP contribution in [0.4, 0.5) is 0 Å². The van der Waals surface area contributed by atoms with E-state index in [1.54, 1.807) is 6.07 Å². The molecule has 0 aliphatic rings. The van der Waals surface area contributed by atoms with Gasteiger partial charge < -0.3 is 5.11 Å². The van der Waals surface area contributed by atoms with Crippen LogP contribution in [0, 0.1) is 6.07 Å². The Morgan fingerprint density at radius 1 is 0.895 bits per heavy atom. The van der Waals surface area contributed by atoms with Crippen molar-refractivity contribution in [1.29, 1.82) is 0 Å². The molecular formula is C18H29O. The van der Waals surface area contributed by atoms with Gasteiger partial charge in [-0.2, -0.15) is 0 Å². The maximum Gasteiger partial charge on any atom is 0.119 e. The van der Waals surface area contributed by atoms with Crippen molar-refractivity contribution in [3.8, 4) is 5.75 Å². The third-order valence-electron chi connectivity index (χ3n) is 3.70. The molecule has 0 spiro atoms. The smallest absolute Gasteiger partial charge is 0.119 e. The lowest BCUT2D eigenvalue weighted by molar-refractivity contribution is 0.465. The maximum atomic E-state index is 9.62. The second kappa shape index (κ2) is 10.9. The van der Waals surface area contributed by atoms with Gasteiger partial charge in [0.05, 0.1) is 0 Å². The van der Waals surface area contributed by atoms with Gasteiger partial charge in [0, 0.05) is 5.56 Å². The highest BCUT2D eigenvalue weighted by molar-refractivity contribution is 5.30. The highest BCUT2D eigenvalue weighted by Crippen LogP contribution is 2.18. The first-order valence-corrected chi connectivity index (χ1v) is 8.03. The summed E-state index contributed by atoms with van der Waals surface area (Å²) in [5, 5.41) is 9.62. The van der Waals surface area contributed by atoms with Crippen LogP contribution in [0.2, 0.25) is 0 Å². The number of hydrogen-bond donors (Lipinski definition) is 1. The molecule has 19 heavy (non-hydrogen) atoms. The second-order valence-corrected chi connectivity index (χ2v) is 5.47. The van der Waals surface area contributed by atoms with Crippen molar-refractivity contribution in [1.82, 2.24) is 0 Å². The first-order chi connectivity index (χ1) is 9.34. The van der Waals surface area contributed by atoms with Crippen molar-refractivity contribution in [2.24, 2.45) is 0 Å². The van der Waals surface area contributed by atoms with Gasteiger partial charge in [-0.25, -0.2) is 0 Å². The fourth-order valence-electron chi connectivity index (χ4n) is 2.45. The number of hydrogen-bond acceptors (Lipinski definition) is 1. The van der Waals surface area contributed by atoms with E-state index in [9.17, 15) is 5.11 Å². The van der Waals surface area contributed by atoms with Crippen molar-refractivity contribution >= 4 is 0 Å². The van der Waals surface area contributed by atoms with Crippen molar-refractivity contribution in [2.75, 3.05) is 0 Å².